The van der Waals surface area contributed by atoms with E-state index in [1.54, 1.807) is 0 Å². The number of esters is 2. The highest BCUT2D eigenvalue weighted by Crippen LogP contribution is 2.30. The number of carbonyl (C=O) groups is 3. The summed E-state index contributed by atoms with van der Waals surface area (Å²) in [5, 5.41) is 2.57. The predicted molar refractivity (Wildman–Crippen MR) is 120 cm³/mol. The number of aromatic nitrogens is 1. The molecule has 0 saturated carbocycles. The Morgan fingerprint density at radius 2 is 1.88 bits per heavy atom. The first-order chi connectivity index (χ1) is 15.4. The molecule has 3 rings (SSSR count). The highest BCUT2D eigenvalue weighted by Gasteiger charge is 2.29. The van der Waals surface area contributed by atoms with Gasteiger partial charge in [-0.25, -0.2) is 9.78 Å². The normalized spacial score (nSPS) is 13.7. The van der Waals surface area contributed by atoms with Crippen molar-refractivity contribution < 1.29 is 28.6 Å². The van der Waals surface area contributed by atoms with Gasteiger partial charge in [0, 0.05) is 30.9 Å². The van der Waals surface area contributed by atoms with E-state index < -0.39 is 23.9 Å². The Balaban J connectivity index is 1.64. The van der Waals surface area contributed by atoms with E-state index >= 15 is 0 Å². The lowest BCUT2D eigenvalue weighted by atomic mass is 10.1. The topological polar surface area (TPSA) is 104 Å². The van der Waals surface area contributed by atoms with Crippen LogP contribution in [0.4, 0.5) is 0 Å². The van der Waals surface area contributed by atoms with Gasteiger partial charge in [-0.2, -0.15) is 11.8 Å². The Morgan fingerprint density at radius 3 is 2.50 bits per heavy atom. The molecular formula is C23H26N2O6S. The zero-order chi connectivity index (χ0) is 23.1. The minimum Gasteiger partial charge on any atom is -0.493 e. The summed E-state index contributed by atoms with van der Waals surface area (Å²) in [6.45, 7) is 1.53. The van der Waals surface area contributed by atoms with Gasteiger partial charge in [-0.3, -0.25) is 9.59 Å². The Bertz CT molecular complexity index is 971. The van der Waals surface area contributed by atoms with Crippen LogP contribution in [0.3, 0.4) is 0 Å². The Morgan fingerprint density at radius 1 is 1.19 bits per heavy atom. The average molecular weight is 459 g/mol. The van der Waals surface area contributed by atoms with E-state index in [0.29, 0.717) is 18.6 Å². The van der Waals surface area contributed by atoms with Crippen LogP contribution in [-0.2, 0) is 27.2 Å². The zero-order valence-electron chi connectivity index (χ0n) is 18.3. The number of hydrogen-bond acceptors (Lipinski definition) is 8. The number of rotatable bonds is 9. The zero-order valence-corrected chi connectivity index (χ0v) is 19.1. The predicted octanol–water partition coefficient (Wildman–Crippen LogP) is 2.58. The fourth-order valence-electron chi connectivity index (χ4n) is 3.39. The number of thioether (sulfide) groups is 1. The molecule has 2 aromatic rings. The number of methoxy groups -OCH3 is 1. The van der Waals surface area contributed by atoms with Crippen LogP contribution in [0, 0.1) is 0 Å². The van der Waals surface area contributed by atoms with E-state index in [1.807, 2.05) is 30.5 Å². The smallest absolute Gasteiger partial charge is 0.328 e. The van der Waals surface area contributed by atoms with Gasteiger partial charge >= 0.3 is 11.9 Å². The van der Waals surface area contributed by atoms with Crippen LogP contribution in [0.15, 0.2) is 36.5 Å². The molecule has 1 aromatic carbocycles. The molecule has 0 fully saturated rings. The maximum absolute atomic E-state index is 12.8. The van der Waals surface area contributed by atoms with Crippen LogP contribution < -0.4 is 14.8 Å². The summed E-state index contributed by atoms with van der Waals surface area (Å²) in [6.07, 6.45) is 4.45. The molecule has 1 amide bonds. The second kappa shape index (κ2) is 11.0. The van der Waals surface area contributed by atoms with Crippen molar-refractivity contribution in [2.24, 2.45) is 0 Å². The summed E-state index contributed by atoms with van der Waals surface area (Å²) in [5.41, 5.74) is 2.18. The van der Waals surface area contributed by atoms with Gasteiger partial charge < -0.3 is 19.5 Å². The maximum Gasteiger partial charge on any atom is 0.328 e. The Kier molecular flexibility index (Phi) is 8.10. The SMILES string of the molecule is COc1ccnc(C(=O)N[C@@H](C)C(=O)OC2Cc3ccccc3C2)c1OC(=O)CCSC. The number of fused-ring (bicyclic) bond motifs is 1. The van der Waals surface area contributed by atoms with Gasteiger partial charge in [-0.15, -0.1) is 0 Å². The quantitative estimate of drug-likeness (QED) is 0.572. The minimum atomic E-state index is -0.917. The molecule has 1 N–H and O–H groups in total. The van der Waals surface area contributed by atoms with Crippen LogP contribution in [0.2, 0.25) is 0 Å². The van der Waals surface area contributed by atoms with Gasteiger partial charge in [0.2, 0.25) is 5.75 Å². The highest BCUT2D eigenvalue weighted by atomic mass is 32.2. The number of hydrogen-bond donors (Lipinski definition) is 1. The Hall–Kier alpha value is -3.07. The molecular weight excluding hydrogens is 432 g/mol. The molecule has 1 heterocycles. The molecule has 9 heteroatoms. The molecule has 1 aromatic heterocycles. The summed E-state index contributed by atoms with van der Waals surface area (Å²) in [4.78, 5) is 41.5. The fourth-order valence-corrected chi connectivity index (χ4v) is 3.76. The number of amides is 1. The number of nitrogens with one attached hydrogen (secondary N) is 1. The van der Waals surface area contributed by atoms with Crippen molar-refractivity contribution in [2.45, 2.75) is 38.3 Å². The van der Waals surface area contributed by atoms with E-state index in [2.05, 4.69) is 10.3 Å². The summed E-state index contributed by atoms with van der Waals surface area (Å²) in [6, 6.07) is 8.52. The number of pyridine rings is 1. The van der Waals surface area contributed by atoms with E-state index in [-0.39, 0.29) is 29.7 Å². The lowest BCUT2D eigenvalue weighted by molar-refractivity contribution is -0.150. The van der Waals surface area contributed by atoms with E-state index in [9.17, 15) is 14.4 Å². The second-order valence-corrected chi connectivity index (χ2v) is 8.32. The number of nitrogens with zero attached hydrogens (tertiary/aromatic N) is 1. The summed E-state index contributed by atoms with van der Waals surface area (Å²) >= 11 is 1.50. The van der Waals surface area contributed by atoms with Gasteiger partial charge in [0.1, 0.15) is 12.1 Å². The van der Waals surface area contributed by atoms with Crippen molar-refractivity contribution in [2.75, 3.05) is 19.1 Å². The molecule has 0 bridgehead atoms. The maximum atomic E-state index is 12.8. The largest absolute Gasteiger partial charge is 0.493 e. The molecule has 0 spiro atoms. The van der Waals surface area contributed by atoms with E-state index in [0.717, 1.165) is 11.1 Å². The lowest BCUT2D eigenvalue weighted by Crippen LogP contribution is -2.41. The molecule has 1 atom stereocenters. The molecule has 0 aliphatic heterocycles. The molecule has 32 heavy (non-hydrogen) atoms. The highest BCUT2D eigenvalue weighted by molar-refractivity contribution is 7.98. The monoisotopic (exact) mass is 458 g/mol. The number of carbonyl (C=O) groups excluding carboxylic acids is 3. The molecule has 0 radical (unpaired) electrons. The van der Waals surface area contributed by atoms with Crippen LogP contribution >= 0.6 is 11.8 Å². The molecule has 0 unspecified atom stereocenters. The minimum absolute atomic E-state index is 0.0783. The summed E-state index contributed by atoms with van der Waals surface area (Å²) < 4.78 is 16.2. The Labute approximate surface area is 191 Å². The lowest BCUT2D eigenvalue weighted by Gasteiger charge is -2.18. The van der Waals surface area contributed by atoms with Gasteiger partial charge in [-0.05, 0) is 24.3 Å². The van der Waals surface area contributed by atoms with Crippen molar-refractivity contribution in [3.05, 3.63) is 53.3 Å². The second-order valence-electron chi connectivity index (χ2n) is 7.34. The first kappa shape index (κ1) is 23.6. The average Bonchev–Trinajstić information content (AvgIpc) is 3.19. The van der Waals surface area contributed by atoms with Crippen molar-refractivity contribution in [3.63, 3.8) is 0 Å². The van der Waals surface area contributed by atoms with Crippen LogP contribution in [0.1, 0.15) is 35.0 Å². The molecule has 1 aliphatic carbocycles. The third-order valence-electron chi connectivity index (χ3n) is 5.03. The van der Waals surface area contributed by atoms with Gasteiger partial charge in [0.05, 0.1) is 13.5 Å². The van der Waals surface area contributed by atoms with Crippen molar-refractivity contribution in [1.82, 2.24) is 10.3 Å². The van der Waals surface area contributed by atoms with Crippen molar-refractivity contribution >= 4 is 29.6 Å². The molecule has 8 nitrogen and oxygen atoms in total. The number of ether oxygens (including phenoxy) is 3. The van der Waals surface area contributed by atoms with E-state index in [4.69, 9.17) is 14.2 Å². The third-order valence-corrected chi connectivity index (χ3v) is 5.64. The third kappa shape index (κ3) is 5.79. The molecule has 0 saturated heterocycles. The first-order valence-electron chi connectivity index (χ1n) is 10.2. The number of benzene rings is 1. The first-order valence-corrected chi connectivity index (χ1v) is 11.6. The molecule has 170 valence electrons. The fraction of sp³-hybridized carbons (Fsp3) is 0.391. The standard InChI is InChI=1S/C23H26N2O6S/c1-14(23(28)30-17-12-15-6-4-5-7-16(15)13-17)25-22(27)20-21(18(29-2)8-10-24-20)31-19(26)9-11-32-3/h4-8,10,14,17H,9,11-13H2,1-3H3,(H,25,27)/t14-/m0/s1. The molecule has 1 aliphatic rings. The summed E-state index contributed by atoms with van der Waals surface area (Å²) in [7, 11) is 1.40. The van der Waals surface area contributed by atoms with Gasteiger partial charge in [0.25, 0.3) is 5.91 Å². The van der Waals surface area contributed by atoms with Crippen LogP contribution in [0.5, 0.6) is 11.5 Å². The van der Waals surface area contributed by atoms with Gasteiger partial charge in [-0.1, -0.05) is 24.3 Å². The van der Waals surface area contributed by atoms with Crippen molar-refractivity contribution in [1.29, 1.82) is 0 Å². The summed E-state index contributed by atoms with van der Waals surface area (Å²) in [5.74, 6) is -1.02. The van der Waals surface area contributed by atoms with Gasteiger partial charge in [0.15, 0.2) is 11.4 Å². The van der Waals surface area contributed by atoms with E-state index in [1.165, 1.54) is 38.1 Å². The van der Waals surface area contributed by atoms with Crippen LogP contribution in [-0.4, -0.2) is 54.1 Å². The van der Waals surface area contributed by atoms with Crippen molar-refractivity contribution in [3.8, 4) is 11.5 Å². The van der Waals surface area contributed by atoms with Crippen LogP contribution in [0.25, 0.3) is 0 Å².